The van der Waals surface area contributed by atoms with Crippen LogP contribution < -0.4 is 3.79 Å². The van der Waals surface area contributed by atoms with E-state index in [1.807, 2.05) is 31.2 Å². The van der Waals surface area contributed by atoms with Crippen molar-refractivity contribution < 1.29 is 3.79 Å². The molecule has 0 aliphatic rings. The monoisotopic (exact) mass is 311 g/mol. The minimum absolute atomic E-state index is 0.849. The molecule has 0 bridgehead atoms. The lowest BCUT2D eigenvalue weighted by atomic mass is 9.94. The lowest BCUT2D eigenvalue weighted by Gasteiger charge is -2.17. The number of benzene rings is 3. The Bertz CT molecular complexity index is 1030. The molecule has 4 aromatic rings. The van der Waals surface area contributed by atoms with E-state index < -0.39 is 0 Å². The van der Waals surface area contributed by atoms with Crippen LogP contribution in [-0.2, 0) is 0 Å². The molecule has 2 nitrogen and oxygen atoms in total. The van der Waals surface area contributed by atoms with Gasteiger partial charge in [0.15, 0.2) is 0 Å². The minimum Gasteiger partial charge on any atom is -0.653 e. The third-order valence-electron chi connectivity index (χ3n) is 4.15. The average Bonchev–Trinajstić information content (AvgIpc) is 2.60. The van der Waals surface area contributed by atoms with Gasteiger partial charge in [0.05, 0.1) is 11.4 Å². The fourth-order valence-corrected chi connectivity index (χ4v) is 3.41. The summed E-state index contributed by atoms with van der Waals surface area (Å²) in [4.78, 5) is 4.72. The minimum atomic E-state index is 0.849. The smallest absolute Gasteiger partial charge is 0.482 e. The summed E-state index contributed by atoms with van der Waals surface area (Å²) in [5.41, 5.74) is 2.97. The van der Waals surface area contributed by atoms with Crippen molar-refractivity contribution in [2.24, 2.45) is 0 Å². The zero-order chi connectivity index (χ0) is 15.8. The first-order valence-electron chi connectivity index (χ1n) is 7.54. The van der Waals surface area contributed by atoms with Crippen molar-refractivity contribution in [2.45, 2.75) is 6.92 Å². The Balaban J connectivity index is 2.24. The molecular weight excluding hydrogens is 297 g/mol. The Kier molecular flexibility index (Phi) is 3.54. The van der Waals surface area contributed by atoms with E-state index >= 15 is 0 Å². The van der Waals surface area contributed by atoms with E-state index in [9.17, 15) is 0 Å². The van der Waals surface area contributed by atoms with E-state index in [2.05, 4.69) is 59.1 Å². The van der Waals surface area contributed by atoms with Crippen molar-refractivity contribution >= 4 is 38.2 Å². The van der Waals surface area contributed by atoms with Gasteiger partial charge in [-0.1, -0.05) is 54.6 Å². The number of fused-ring (bicyclic) bond motifs is 3. The fourth-order valence-electron chi connectivity index (χ4n) is 3.17. The summed E-state index contributed by atoms with van der Waals surface area (Å²) in [5, 5.41) is 4.66. The average molecular weight is 311 g/mol. The molecule has 4 rings (SSSR count). The van der Waals surface area contributed by atoms with Crippen LogP contribution in [0.1, 0.15) is 5.69 Å². The SMILES string of the molecule is Cc1cccc(-c2c([O][Al])c3ccccc3c3ccccc23)n1. The predicted molar refractivity (Wildman–Crippen MR) is 95.8 cm³/mol. The van der Waals surface area contributed by atoms with Gasteiger partial charge in [-0.3, -0.25) is 4.98 Å². The van der Waals surface area contributed by atoms with E-state index in [0.717, 1.165) is 33.5 Å². The van der Waals surface area contributed by atoms with Gasteiger partial charge in [0.1, 0.15) is 0 Å². The first-order valence-corrected chi connectivity index (χ1v) is 8.01. The Morgan fingerprint density at radius 3 is 2.00 bits per heavy atom. The molecule has 0 spiro atoms. The van der Waals surface area contributed by atoms with Gasteiger partial charge in [-0.25, -0.2) is 0 Å². The summed E-state index contributed by atoms with van der Waals surface area (Å²) < 4.78 is 5.74. The second-order valence-corrected chi connectivity index (χ2v) is 5.81. The maximum Gasteiger partial charge on any atom is 0.482 e. The molecule has 0 aliphatic heterocycles. The van der Waals surface area contributed by atoms with E-state index in [4.69, 9.17) is 8.77 Å². The molecule has 108 valence electrons. The van der Waals surface area contributed by atoms with Crippen LogP contribution in [0.4, 0.5) is 0 Å². The van der Waals surface area contributed by atoms with Crippen LogP contribution in [0.25, 0.3) is 32.8 Å². The lowest BCUT2D eigenvalue weighted by Crippen LogP contribution is -1.96. The second kappa shape index (κ2) is 5.70. The maximum atomic E-state index is 5.74. The Hall–Kier alpha value is -2.34. The van der Waals surface area contributed by atoms with Gasteiger partial charge in [-0.2, -0.15) is 0 Å². The van der Waals surface area contributed by atoms with Crippen LogP contribution in [-0.4, -0.2) is 21.6 Å². The number of nitrogens with zero attached hydrogens (tertiary/aromatic N) is 1. The van der Waals surface area contributed by atoms with Gasteiger partial charge in [-0.05, 0) is 35.2 Å². The van der Waals surface area contributed by atoms with Crippen molar-refractivity contribution in [2.75, 3.05) is 0 Å². The summed E-state index contributed by atoms with van der Waals surface area (Å²) in [7, 11) is 0. The first kappa shape index (κ1) is 14.3. The standard InChI is InChI=1S/C20H15NO.Al/c1-13-7-6-12-18(21-13)19-16-10-4-2-8-14(16)15-9-3-5-11-17(15)20(19)22;/h2-12,22H,1H3;/q;+1/p-1. The number of aromatic nitrogens is 1. The van der Waals surface area contributed by atoms with Crippen molar-refractivity contribution in [1.82, 2.24) is 4.98 Å². The van der Waals surface area contributed by atoms with Crippen LogP contribution in [0.5, 0.6) is 5.75 Å². The summed E-state index contributed by atoms with van der Waals surface area (Å²) in [6.07, 6.45) is 0. The summed E-state index contributed by atoms with van der Waals surface area (Å²) in [6.45, 7) is 2.01. The molecule has 0 atom stereocenters. The molecule has 0 saturated carbocycles. The van der Waals surface area contributed by atoms with E-state index in [1.165, 1.54) is 10.8 Å². The molecule has 0 fully saturated rings. The van der Waals surface area contributed by atoms with E-state index in [0.29, 0.717) is 0 Å². The van der Waals surface area contributed by atoms with Crippen molar-refractivity contribution in [3.05, 3.63) is 72.4 Å². The molecule has 2 radical (unpaired) electrons. The molecule has 0 N–H and O–H groups in total. The number of hydrogen-bond donors (Lipinski definition) is 0. The predicted octanol–water partition coefficient (Wildman–Crippen LogP) is 4.83. The quantitative estimate of drug-likeness (QED) is 0.391. The zero-order valence-electron chi connectivity index (χ0n) is 12.8. The van der Waals surface area contributed by atoms with Gasteiger partial charge < -0.3 is 3.79 Å². The summed E-state index contributed by atoms with van der Waals surface area (Å²) in [5.74, 6) is 0.849. The highest BCUT2D eigenvalue weighted by molar-refractivity contribution is 6.18. The molecule has 0 saturated heterocycles. The van der Waals surface area contributed by atoms with E-state index in [-0.39, 0.29) is 0 Å². The summed E-state index contributed by atoms with van der Waals surface area (Å²) in [6, 6.07) is 22.8. The van der Waals surface area contributed by atoms with Crippen LogP contribution >= 0.6 is 0 Å². The van der Waals surface area contributed by atoms with Crippen LogP contribution in [0.15, 0.2) is 66.7 Å². The number of aryl methyl sites for hydroxylation is 1. The molecule has 3 aromatic carbocycles. The van der Waals surface area contributed by atoms with Crippen molar-refractivity contribution in [3.63, 3.8) is 0 Å². The normalized spacial score (nSPS) is 11.0. The van der Waals surface area contributed by atoms with Crippen LogP contribution in [0.3, 0.4) is 0 Å². The number of pyridine rings is 1. The highest BCUT2D eigenvalue weighted by atomic mass is 27.1. The van der Waals surface area contributed by atoms with Crippen LogP contribution in [0, 0.1) is 6.92 Å². The molecule has 0 aliphatic carbocycles. The van der Waals surface area contributed by atoms with Gasteiger partial charge in [0, 0.05) is 16.6 Å². The highest BCUT2D eigenvalue weighted by Crippen LogP contribution is 2.42. The van der Waals surface area contributed by atoms with Gasteiger partial charge in [-0.15, -0.1) is 0 Å². The van der Waals surface area contributed by atoms with Gasteiger partial charge in [0.2, 0.25) is 0 Å². The molecule has 3 heteroatoms. The first-order chi connectivity index (χ1) is 11.3. The summed E-state index contributed by atoms with van der Waals surface area (Å²) >= 11 is 2.39. The van der Waals surface area contributed by atoms with Crippen molar-refractivity contribution in [3.8, 4) is 17.0 Å². The van der Waals surface area contributed by atoms with Gasteiger partial charge in [0.25, 0.3) is 0 Å². The zero-order valence-corrected chi connectivity index (χ0v) is 13.9. The molecule has 1 aromatic heterocycles. The Labute approximate surface area is 143 Å². The van der Waals surface area contributed by atoms with E-state index in [1.54, 1.807) is 0 Å². The van der Waals surface area contributed by atoms with Crippen molar-refractivity contribution in [1.29, 1.82) is 0 Å². The molecule has 0 amide bonds. The third-order valence-corrected chi connectivity index (χ3v) is 4.38. The van der Waals surface area contributed by atoms with Gasteiger partial charge >= 0.3 is 16.6 Å². The highest BCUT2D eigenvalue weighted by Gasteiger charge is 2.16. The number of rotatable bonds is 2. The molecule has 1 heterocycles. The Morgan fingerprint density at radius 2 is 1.35 bits per heavy atom. The second-order valence-electron chi connectivity index (χ2n) is 5.58. The van der Waals surface area contributed by atoms with Crippen LogP contribution in [0.2, 0.25) is 0 Å². The fraction of sp³-hybridized carbons (Fsp3) is 0.0500. The number of hydrogen-bond acceptors (Lipinski definition) is 2. The molecule has 0 unspecified atom stereocenters. The lowest BCUT2D eigenvalue weighted by molar-refractivity contribution is 0.626. The topological polar surface area (TPSA) is 22.1 Å². The largest absolute Gasteiger partial charge is 0.653 e. The molecular formula is C20H14AlNO. The molecule has 23 heavy (non-hydrogen) atoms. The Morgan fingerprint density at radius 1 is 0.739 bits per heavy atom. The third kappa shape index (κ3) is 2.30. The maximum absolute atomic E-state index is 5.74.